The third-order valence-electron chi connectivity index (χ3n) is 4.45. The molecule has 24 heavy (non-hydrogen) atoms. The lowest BCUT2D eigenvalue weighted by Crippen LogP contribution is -2.43. The van der Waals surface area contributed by atoms with Crippen LogP contribution in [0.15, 0.2) is 23.1 Å². The zero-order valence-electron chi connectivity index (χ0n) is 14.4. The Morgan fingerprint density at radius 3 is 2.54 bits per heavy atom. The van der Waals surface area contributed by atoms with Crippen molar-refractivity contribution >= 4 is 15.9 Å². The van der Waals surface area contributed by atoms with Crippen LogP contribution < -0.4 is 11.1 Å². The van der Waals surface area contributed by atoms with E-state index < -0.39 is 10.0 Å². The maximum absolute atomic E-state index is 12.8. The molecule has 1 saturated heterocycles. The Morgan fingerprint density at radius 2 is 1.96 bits per heavy atom. The molecule has 0 aliphatic carbocycles. The maximum Gasteiger partial charge on any atom is 0.243 e. The summed E-state index contributed by atoms with van der Waals surface area (Å²) < 4.78 is 27.1. The van der Waals surface area contributed by atoms with Crippen molar-refractivity contribution in [3.8, 4) is 0 Å². The minimum atomic E-state index is -3.49. The Hall–Kier alpha value is -1.44. The Labute approximate surface area is 144 Å². The number of nitrogens with two attached hydrogens (primary N) is 1. The summed E-state index contributed by atoms with van der Waals surface area (Å²) in [6.07, 6.45) is 1.86. The van der Waals surface area contributed by atoms with E-state index in [1.54, 1.807) is 6.07 Å². The fourth-order valence-electron chi connectivity index (χ4n) is 3.04. The van der Waals surface area contributed by atoms with Gasteiger partial charge in [-0.1, -0.05) is 17.7 Å². The topological polar surface area (TPSA) is 92.5 Å². The normalized spacial score (nSPS) is 17.0. The van der Waals surface area contributed by atoms with Crippen molar-refractivity contribution < 1.29 is 13.2 Å². The Kier molecular flexibility index (Phi) is 6.37. The van der Waals surface area contributed by atoms with E-state index in [9.17, 15) is 13.2 Å². The summed E-state index contributed by atoms with van der Waals surface area (Å²) in [5.41, 5.74) is 7.21. The van der Waals surface area contributed by atoms with Crippen LogP contribution in [0.2, 0.25) is 0 Å². The predicted octanol–water partition coefficient (Wildman–Crippen LogP) is 1.17. The van der Waals surface area contributed by atoms with Crippen molar-refractivity contribution in [2.24, 2.45) is 11.7 Å². The monoisotopic (exact) mass is 353 g/mol. The zero-order chi connectivity index (χ0) is 17.7. The van der Waals surface area contributed by atoms with Crippen molar-refractivity contribution in [1.29, 1.82) is 0 Å². The molecular weight excluding hydrogens is 326 g/mol. The van der Waals surface area contributed by atoms with E-state index >= 15 is 0 Å². The van der Waals surface area contributed by atoms with E-state index in [2.05, 4.69) is 5.32 Å². The molecule has 7 heteroatoms. The van der Waals surface area contributed by atoms with Gasteiger partial charge in [-0.15, -0.1) is 0 Å². The molecule has 0 atom stereocenters. The highest BCUT2D eigenvalue weighted by atomic mass is 32.2. The molecular formula is C17H27N3O3S. The van der Waals surface area contributed by atoms with Crippen LogP contribution in [0.25, 0.3) is 0 Å². The number of aryl methyl sites for hydroxylation is 2. The first-order chi connectivity index (χ1) is 11.4. The highest BCUT2D eigenvalue weighted by Gasteiger charge is 2.32. The number of carbonyl (C=O) groups excluding carboxylic acids is 1. The number of amides is 1. The van der Waals surface area contributed by atoms with Gasteiger partial charge in [0.05, 0.1) is 4.90 Å². The van der Waals surface area contributed by atoms with E-state index in [0.717, 1.165) is 17.5 Å². The summed E-state index contributed by atoms with van der Waals surface area (Å²) in [6.45, 7) is 5.65. The molecule has 0 bridgehead atoms. The first kappa shape index (κ1) is 18.9. The summed E-state index contributed by atoms with van der Waals surface area (Å²) in [7, 11) is -3.49. The van der Waals surface area contributed by atoms with Gasteiger partial charge in [0.1, 0.15) is 0 Å². The molecule has 0 saturated carbocycles. The SMILES string of the molecule is Cc1ccc(S(=O)(=O)N2CCC(C(=O)NCCCN)CC2)c(C)c1. The van der Waals surface area contributed by atoms with Crippen LogP contribution in [0.3, 0.4) is 0 Å². The molecule has 0 unspecified atom stereocenters. The molecule has 1 aliphatic heterocycles. The number of hydrogen-bond acceptors (Lipinski definition) is 4. The number of sulfonamides is 1. The van der Waals surface area contributed by atoms with Crippen LogP contribution in [0.5, 0.6) is 0 Å². The van der Waals surface area contributed by atoms with Gasteiger partial charge in [0, 0.05) is 25.6 Å². The van der Waals surface area contributed by atoms with Crippen LogP contribution in [0.4, 0.5) is 0 Å². The van der Waals surface area contributed by atoms with Gasteiger partial charge in [0.25, 0.3) is 0 Å². The highest BCUT2D eigenvalue weighted by Crippen LogP contribution is 2.26. The van der Waals surface area contributed by atoms with E-state index in [4.69, 9.17) is 5.73 Å². The second kappa shape index (κ2) is 8.09. The first-order valence-electron chi connectivity index (χ1n) is 8.41. The van der Waals surface area contributed by atoms with Crippen molar-refractivity contribution in [3.05, 3.63) is 29.3 Å². The van der Waals surface area contributed by atoms with Gasteiger partial charge in [-0.05, 0) is 51.3 Å². The quantitative estimate of drug-likeness (QED) is 0.751. The summed E-state index contributed by atoms with van der Waals surface area (Å²) in [5, 5.41) is 2.87. The second-order valence-corrected chi connectivity index (χ2v) is 8.29. The van der Waals surface area contributed by atoms with Crippen molar-refractivity contribution in [3.63, 3.8) is 0 Å². The largest absolute Gasteiger partial charge is 0.356 e. The molecule has 6 nitrogen and oxygen atoms in total. The molecule has 1 aromatic carbocycles. The van der Waals surface area contributed by atoms with Gasteiger partial charge in [-0.3, -0.25) is 4.79 Å². The zero-order valence-corrected chi connectivity index (χ0v) is 15.2. The number of nitrogens with one attached hydrogen (secondary N) is 1. The van der Waals surface area contributed by atoms with E-state index in [0.29, 0.717) is 43.9 Å². The Balaban J connectivity index is 1.99. The minimum Gasteiger partial charge on any atom is -0.356 e. The number of hydrogen-bond donors (Lipinski definition) is 2. The van der Waals surface area contributed by atoms with Gasteiger partial charge in [-0.2, -0.15) is 4.31 Å². The standard InChI is InChI=1S/C17H27N3O3S/c1-13-4-5-16(14(2)12-13)24(22,23)20-10-6-15(7-11-20)17(21)19-9-3-8-18/h4-5,12,15H,3,6-11,18H2,1-2H3,(H,19,21). The molecule has 2 rings (SSSR count). The fourth-order valence-corrected chi connectivity index (χ4v) is 4.72. The maximum atomic E-state index is 12.8. The van der Waals surface area contributed by atoms with Crippen LogP contribution in [0, 0.1) is 19.8 Å². The molecule has 0 radical (unpaired) electrons. The first-order valence-corrected chi connectivity index (χ1v) is 9.85. The molecule has 1 amide bonds. The predicted molar refractivity (Wildman–Crippen MR) is 94.1 cm³/mol. The van der Waals surface area contributed by atoms with E-state index in [1.807, 2.05) is 26.0 Å². The van der Waals surface area contributed by atoms with Crippen molar-refractivity contribution in [1.82, 2.24) is 9.62 Å². The third kappa shape index (κ3) is 4.34. The summed E-state index contributed by atoms with van der Waals surface area (Å²) in [5.74, 6) is -0.111. The summed E-state index contributed by atoms with van der Waals surface area (Å²) in [6, 6.07) is 5.37. The molecule has 0 aromatic heterocycles. The van der Waals surface area contributed by atoms with Crippen LogP contribution >= 0.6 is 0 Å². The van der Waals surface area contributed by atoms with Gasteiger partial charge in [-0.25, -0.2) is 8.42 Å². The van der Waals surface area contributed by atoms with Gasteiger partial charge in [0.2, 0.25) is 15.9 Å². The summed E-state index contributed by atoms with van der Waals surface area (Å²) in [4.78, 5) is 12.4. The lowest BCUT2D eigenvalue weighted by atomic mass is 9.97. The number of carbonyl (C=O) groups is 1. The lowest BCUT2D eigenvalue weighted by molar-refractivity contribution is -0.126. The molecule has 1 heterocycles. The number of piperidine rings is 1. The van der Waals surface area contributed by atoms with E-state index in [1.165, 1.54) is 4.31 Å². The Morgan fingerprint density at radius 1 is 1.29 bits per heavy atom. The second-order valence-electron chi connectivity index (χ2n) is 6.38. The Bertz CT molecular complexity index is 680. The van der Waals surface area contributed by atoms with E-state index in [-0.39, 0.29) is 11.8 Å². The third-order valence-corrected chi connectivity index (χ3v) is 6.51. The van der Waals surface area contributed by atoms with Crippen molar-refractivity contribution in [2.45, 2.75) is 38.0 Å². The van der Waals surface area contributed by atoms with Crippen LogP contribution in [0.1, 0.15) is 30.4 Å². The fraction of sp³-hybridized carbons (Fsp3) is 0.588. The molecule has 3 N–H and O–H groups in total. The molecule has 134 valence electrons. The molecule has 1 fully saturated rings. The summed E-state index contributed by atoms with van der Waals surface area (Å²) >= 11 is 0. The van der Waals surface area contributed by atoms with Gasteiger partial charge < -0.3 is 11.1 Å². The number of benzene rings is 1. The van der Waals surface area contributed by atoms with Crippen molar-refractivity contribution in [2.75, 3.05) is 26.2 Å². The smallest absolute Gasteiger partial charge is 0.243 e. The number of nitrogens with zero attached hydrogens (tertiary/aromatic N) is 1. The lowest BCUT2D eigenvalue weighted by Gasteiger charge is -2.31. The van der Waals surface area contributed by atoms with Gasteiger partial charge in [0.15, 0.2) is 0 Å². The van der Waals surface area contributed by atoms with Gasteiger partial charge >= 0.3 is 0 Å². The molecule has 1 aromatic rings. The number of rotatable bonds is 6. The average molecular weight is 353 g/mol. The van der Waals surface area contributed by atoms with Crippen LogP contribution in [-0.4, -0.2) is 44.8 Å². The molecule has 0 spiro atoms. The highest BCUT2D eigenvalue weighted by molar-refractivity contribution is 7.89. The molecule has 1 aliphatic rings. The minimum absolute atomic E-state index is 0.00649. The average Bonchev–Trinajstić information content (AvgIpc) is 2.54. The van der Waals surface area contributed by atoms with Crippen LogP contribution in [-0.2, 0) is 14.8 Å².